The molecule has 1 aromatic heterocycles. The fourth-order valence-electron chi connectivity index (χ4n) is 4.32. The normalized spacial score (nSPS) is 15.1. The Morgan fingerprint density at radius 1 is 1.17 bits per heavy atom. The van der Waals surface area contributed by atoms with Crippen molar-refractivity contribution < 1.29 is 4.79 Å². The summed E-state index contributed by atoms with van der Waals surface area (Å²) in [5.41, 5.74) is 4.09. The maximum Gasteiger partial charge on any atom is 0.140 e. The van der Waals surface area contributed by atoms with E-state index in [2.05, 4.69) is 28.9 Å². The summed E-state index contributed by atoms with van der Waals surface area (Å²) in [5, 5.41) is 0.707. The molecule has 158 valence electrons. The molecule has 0 aliphatic carbocycles. The summed E-state index contributed by atoms with van der Waals surface area (Å²) in [7, 11) is 0. The number of benzene rings is 2. The number of fused-ring (bicyclic) bond motifs is 1. The molecule has 2 aromatic carbocycles. The number of anilines is 1. The Morgan fingerprint density at radius 3 is 2.73 bits per heavy atom. The molecule has 0 spiro atoms. The number of aromatic nitrogens is 2. The van der Waals surface area contributed by atoms with Crippen molar-refractivity contribution in [3.8, 4) is 11.4 Å². The minimum absolute atomic E-state index is 0.437. The number of hydrogen-bond donors (Lipinski definition) is 1. The fraction of sp³-hybridized carbons (Fsp3) is 0.440. The first-order valence-electron chi connectivity index (χ1n) is 11.2. The molecule has 0 unspecified atom stereocenters. The number of unbranched alkanes of at least 4 members (excludes halogenated alkanes) is 1. The van der Waals surface area contributed by atoms with E-state index >= 15 is 0 Å². The Bertz CT molecular complexity index is 972. The highest BCUT2D eigenvalue weighted by atomic mass is 35.5. The predicted molar refractivity (Wildman–Crippen MR) is 125 cm³/mol. The Hall–Kier alpha value is -2.33. The lowest BCUT2D eigenvalue weighted by molar-refractivity contribution is -0.119. The molecule has 2 heterocycles. The van der Waals surface area contributed by atoms with E-state index in [1.807, 2.05) is 30.3 Å². The van der Waals surface area contributed by atoms with Crippen LogP contribution in [0.1, 0.15) is 51.9 Å². The van der Waals surface area contributed by atoms with Crippen LogP contribution in [0.5, 0.6) is 0 Å². The topological polar surface area (TPSA) is 49.0 Å². The van der Waals surface area contributed by atoms with Crippen LogP contribution in [0.4, 0.5) is 5.69 Å². The van der Waals surface area contributed by atoms with Crippen LogP contribution in [0, 0.1) is 5.92 Å². The van der Waals surface area contributed by atoms with E-state index in [-0.39, 0.29) is 0 Å². The SMILES string of the molecule is CCCCC(=O)CCC1CCN(c2ccc(Cl)c(-c3nc4ccccc4[nH]3)c2)CC1. The number of nitrogens with one attached hydrogen (secondary N) is 1. The molecule has 1 aliphatic heterocycles. The van der Waals surface area contributed by atoms with Crippen LogP contribution < -0.4 is 4.90 Å². The smallest absolute Gasteiger partial charge is 0.140 e. The fourth-order valence-corrected chi connectivity index (χ4v) is 4.52. The summed E-state index contributed by atoms with van der Waals surface area (Å²) in [6, 6.07) is 14.2. The van der Waals surface area contributed by atoms with E-state index in [9.17, 15) is 4.79 Å². The summed E-state index contributed by atoms with van der Waals surface area (Å²) in [6.07, 6.45) is 6.96. The number of hydrogen-bond acceptors (Lipinski definition) is 3. The summed E-state index contributed by atoms with van der Waals surface area (Å²) in [6.45, 7) is 4.18. The van der Waals surface area contributed by atoms with Crippen LogP contribution in [0.15, 0.2) is 42.5 Å². The zero-order valence-corrected chi connectivity index (χ0v) is 18.4. The van der Waals surface area contributed by atoms with Crippen LogP contribution in [-0.2, 0) is 4.79 Å². The van der Waals surface area contributed by atoms with Crippen molar-refractivity contribution in [1.29, 1.82) is 0 Å². The number of ketones is 1. The predicted octanol–water partition coefficient (Wildman–Crippen LogP) is 6.64. The lowest BCUT2D eigenvalue weighted by Crippen LogP contribution is -2.33. The number of imidazole rings is 1. The van der Waals surface area contributed by atoms with Crippen LogP contribution in [0.3, 0.4) is 0 Å². The van der Waals surface area contributed by atoms with Gasteiger partial charge >= 0.3 is 0 Å². The number of aromatic amines is 1. The van der Waals surface area contributed by atoms with Crippen LogP contribution in [0.2, 0.25) is 5.02 Å². The van der Waals surface area contributed by atoms with Crippen molar-refractivity contribution in [2.45, 2.75) is 51.9 Å². The largest absolute Gasteiger partial charge is 0.371 e. The van der Waals surface area contributed by atoms with Gasteiger partial charge in [0.25, 0.3) is 0 Å². The molecular weight excluding hydrogens is 394 g/mol. The number of H-pyrrole nitrogens is 1. The van der Waals surface area contributed by atoms with E-state index in [1.165, 1.54) is 5.69 Å². The Labute approximate surface area is 183 Å². The zero-order valence-electron chi connectivity index (χ0n) is 17.7. The Kier molecular flexibility index (Phi) is 6.73. The first kappa shape index (κ1) is 20.9. The van der Waals surface area contributed by atoms with Gasteiger partial charge in [-0.25, -0.2) is 4.98 Å². The Balaban J connectivity index is 1.40. The number of para-hydroxylation sites is 2. The van der Waals surface area contributed by atoms with Crippen LogP contribution >= 0.6 is 11.6 Å². The molecular formula is C25H30ClN3O. The summed E-state index contributed by atoms with van der Waals surface area (Å²) < 4.78 is 0. The van der Waals surface area contributed by atoms with E-state index in [4.69, 9.17) is 16.6 Å². The molecule has 3 aromatic rings. The molecule has 30 heavy (non-hydrogen) atoms. The first-order chi connectivity index (χ1) is 14.6. The molecule has 5 heteroatoms. The standard InChI is InChI=1S/C25H30ClN3O/c1-2-3-6-20(30)11-9-18-13-15-29(16-14-18)19-10-12-22(26)21(17-19)25-27-23-7-4-5-8-24(23)28-25/h4-5,7-8,10,12,17-18H,2-3,6,9,11,13-16H2,1H3,(H,27,28). The van der Waals surface area contributed by atoms with Gasteiger partial charge in [0.1, 0.15) is 11.6 Å². The highest BCUT2D eigenvalue weighted by molar-refractivity contribution is 6.33. The summed E-state index contributed by atoms with van der Waals surface area (Å²) >= 11 is 6.52. The lowest BCUT2D eigenvalue weighted by Gasteiger charge is -2.34. The molecule has 1 fully saturated rings. The third kappa shape index (κ3) is 4.86. The van der Waals surface area contributed by atoms with E-state index in [1.54, 1.807) is 0 Å². The zero-order chi connectivity index (χ0) is 20.9. The Morgan fingerprint density at radius 2 is 1.97 bits per heavy atom. The van der Waals surface area contributed by atoms with Crippen molar-refractivity contribution in [1.82, 2.24) is 9.97 Å². The van der Waals surface area contributed by atoms with Gasteiger partial charge in [-0.05, 0) is 61.9 Å². The van der Waals surface area contributed by atoms with E-state index < -0.39 is 0 Å². The van der Waals surface area contributed by atoms with Gasteiger partial charge in [0, 0.05) is 37.2 Å². The molecule has 0 amide bonds. The van der Waals surface area contributed by atoms with Gasteiger partial charge in [0.2, 0.25) is 0 Å². The molecule has 1 saturated heterocycles. The van der Waals surface area contributed by atoms with Crippen LogP contribution in [-0.4, -0.2) is 28.8 Å². The van der Waals surface area contributed by atoms with Gasteiger partial charge in [0.05, 0.1) is 16.1 Å². The second-order valence-electron chi connectivity index (χ2n) is 8.38. The minimum Gasteiger partial charge on any atom is -0.371 e. The van der Waals surface area contributed by atoms with Crippen molar-refractivity contribution in [2.24, 2.45) is 5.92 Å². The second kappa shape index (κ2) is 9.65. The number of halogens is 1. The summed E-state index contributed by atoms with van der Waals surface area (Å²) in [5.74, 6) is 1.91. The van der Waals surface area contributed by atoms with Crippen molar-refractivity contribution >= 4 is 34.1 Å². The minimum atomic E-state index is 0.437. The van der Waals surface area contributed by atoms with E-state index in [0.717, 1.165) is 80.5 Å². The van der Waals surface area contributed by atoms with E-state index in [0.29, 0.717) is 16.7 Å². The number of piperidine rings is 1. The van der Waals surface area contributed by atoms with Gasteiger partial charge < -0.3 is 9.88 Å². The number of carbonyl (C=O) groups is 1. The van der Waals surface area contributed by atoms with Gasteiger partial charge in [0.15, 0.2) is 0 Å². The number of rotatable bonds is 8. The third-order valence-corrected chi connectivity index (χ3v) is 6.54. The maximum atomic E-state index is 12.0. The van der Waals surface area contributed by atoms with Crippen molar-refractivity contribution in [2.75, 3.05) is 18.0 Å². The third-order valence-electron chi connectivity index (χ3n) is 6.21. The molecule has 4 nitrogen and oxygen atoms in total. The quantitative estimate of drug-likeness (QED) is 0.441. The molecule has 0 radical (unpaired) electrons. The van der Waals surface area contributed by atoms with Crippen molar-refractivity contribution in [3.05, 3.63) is 47.5 Å². The molecule has 0 saturated carbocycles. The monoisotopic (exact) mass is 423 g/mol. The highest BCUT2D eigenvalue weighted by Gasteiger charge is 2.21. The summed E-state index contributed by atoms with van der Waals surface area (Å²) in [4.78, 5) is 22.5. The van der Waals surface area contributed by atoms with Gasteiger partial charge in [-0.1, -0.05) is 37.1 Å². The molecule has 0 bridgehead atoms. The molecule has 1 aliphatic rings. The van der Waals surface area contributed by atoms with Crippen LogP contribution in [0.25, 0.3) is 22.4 Å². The maximum absolute atomic E-state index is 12.0. The molecule has 4 rings (SSSR count). The second-order valence-corrected chi connectivity index (χ2v) is 8.79. The number of nitrogens with zero attached hydrogens (tertiary/aromatic N) is 2. The number of carbonyl (C=O) groups excluding carboxylic acids is 1. The van der Waals surface area contributed by atoms with Gasteiger partial charge in [-0.15, -0.1) is 0 Å². The molecule has 1 N–H and O–H groups in total. The number of Topliss-reactive ketones (excluding diaryl/α,β-unsaturated/α-hetero) is 1. The highest BCUT2D eigenvalue weighted by Crippen LogP contribution is 2.33. The van der Waals surface area contributed by atoms with Gasteiger partial charge in [-0.2, -0.15) is 0 Å². The van der Waals surface area contributed by atoms with Gasteiger partial charge in [-0.3, -0.25) is 4.79 Å². The lowest BCUT2D eigenvalue weighted by atomic mass is 9.90. The first-order valence-corrected chi connectivity index (χ1v) is 11.5. The van der Waals surface area contributed by atoms with Crippen molar-refractivity contribution in [3.63, 3.8) is 0 Å². The molecule has 0 atom stereocenters. The average Bonchev–Trinajstić information content (AvgIpc) is 3.21. The average molecular weight is 424 g/mol.